The zero-order valence-electron chi connectivity index (χ0n) is 23.4. The Labute approximate surface area is 235 Å². The number of nitrogens with zero attached hydrogens (tertiary/aromatic N) is 2. The van der Waals surface area contributed by atoms with Crippen molar-refractivity contribution in [2.45, 2.75) is 74.7 Å². The first-order valence-corrected chi connectivity index (χ1v) is 14.5. The van der Waals surface area contributed by atoms with E-state index in [1.807, 2.05) is 43.4 Å². The molecule has 1 amide bonds. The van der Waals surface area contributed by atoms with E-state index in [9.17, 15) is 9.59 Å². The Kier molecular flexibility index (Phi) is 5.90. The third-order valence-electron chi connectivity index (χ3n) is 10.1. The van der Waals surface area contributed by atoms with Gasteiger partial charge < -0.3 is 19.1 Å². The van der Waals surface area contributed by atoms with Crippen molar-refractivity contribution in [3.8, 4) is 23.3 Å². The molecule has 0 unspecified atom stereocenters. The molecule has 208 valence electrons. The van der Waals surface area contributed by atoms with Crippen molar-refractivity contribution in [3.05, 3.63) is 59.2 Å². The van der Waals surface area contributed by atoms with Crippen LogP contribution in [0.4, 0.5) is 0 Å². The molecule has 0 aromatic heterocycles. The van der Waals surface area contributed by atoms with Crippen LogP contribution in [0.5, 0.6) is 11.5 Å². The standard InChI is InChI=1S/C33H36N2O5/c1-21(36)40-33-16-15-25(34(2)28(37)14-11-22-7-5-4-6-8-22)31-32(33)17-18-35(20-23-9-10-23)27(33)19-24-12-13-26(38-3)30(39-31)29(24)32/h4-8,12-13,23,25,27,31H,9-10,15-20H2,1-3H3/t25-,27-,31+,32+,33-/m1/s1. The van der Waals surface area contributed by atoms with Crippen LogP contribution in [0.3, 0.4) is 0 Å². The average molecular weight is 541 g/mol. The van der Waals surface area contributed by atoms with E-state index >= 15 is 0 Å². The molecule has 0 N–H and O–H groups in total. The molecule has 5 atom stereocenters. The number of benzene rings is 2. The Morgan fingerprint density at radius 2 is 1.93 bits per heavy atom. The highest BCUT2D eigenvalue weighted by molar-refractivity contribution is 5.94. The van der Waals surface area contributed by atoms with E-state index in [4.69, 9.17) is 14.2 Å². The van der Waals surface area contributed by atoms with Crippen LogP contribution >= 0.6 is 0 Å². The smallest absolute Gasteiger partial charge is 0.303 e. The fourth-order valence-electron chi connectivity index (χ4n) is 8.32. The number of hydrogen-bond donors (Lipinski definition) is 0. The van der Waals surface area contributed by atoms with Gasteiger partial charge in [0.25, 0.3) is 5.91 Å². The summed E-state index contributed by atoms with van der Waals surface area (Å²) in [4.78, 5) is 30.6. The molecule has 2 heterocycles. The lowest BCUT2D eigenvalue weighted by Gasteiger charge is -2.65. The fraction of sp³-hybridized carbons (Fsp3) is 0.515. The largest absolute Gasteiger partial charge is 0.493 e. The second kappa shape index (κ2) is 9.27. The monoisotopic (exact) mass is 540 g/mol. The van der Waals surface area contributed by atoms with Gasteiger partial charge in [-0.1, -0.05) is 30.2 Å². The van der Waals surface area contributed by atoms with Crippen molar-refractivity contribution in [3.63, 3.8) is 0 Å². The summed E-state index contributed by atoms with van der Waals surface area (Å²) >= 11 is 0. The highest BCUT2D eigenvalue weighted by Gasteiger charge is 2.75. The molecule has 7 nitrogen and oxygen atoms in total. The third-order valence-corrected chi connectivity index (χ3v) is 10.1. The minimum atomic E-state index is -0.725. The molecule has 0 radical (unpaired) electrons. The highest BCUT2D eigenvalue weighted by Crippen LogP contribution is 2.67. The second-order valence-electron chi connectivity index (χ2n) is 12.2. The molecule has 2 bridgehead atoms. The second-order valence-corrected chi connectivity index (χ2v) is 12.2. The Bertz CT molecular complexity index is 1430. The van der Waals surface area contributed by atoms with Gasteiger partial charge in [0.2, 0.25) is 0 Å². The van der Waals surface area contributed by atoms with Crippen molar-refractivity contribution in [2.24, 2.45) is 5.92 Å². The molecular weight excluding hydrogens is 504 g/mol. The lowest BCUT2D eigenvalue weighted by Crippen LogP contribution is -2.79. The van der Waals surface area contributed by atoms with Gasteiger partial charge in [-0.25, -0.2) is 0 Å². The molecule has 2 aromatic rings. The summed E-state index contributed by atoms with van der Waals surface area (Å²) in [5.74, 6) is 7.54. The summed E-state index contributed by atoms with van der Waals surface area (Å²) < 4.78 is 19.3. The molecule has 5 aliphatic rings. The first kappa shape index (κ1) is 25.5. The van der Waals surface area contributed by atoms with Crippen LogP contribution in [0.15, 0.2) is 42.5 Å². The topological polar surface area (TPSA) is 68.3 Å². The Morgan fingerprint density at radius 3 is 2.65 bits per heavy atom. The minimum absolute atomic E-state index is 0.0727. The predicted octanol–water partition coefficient (Wildman–Crippen LogP) is 3.71. The van der Waals surface area contributed by atoms with Crippen molar-refractivity contribution in [2.75, 3.05) is 27.2 Å². The zero-order chi connectivity index (χ0) is 27.6. The van der Waals surface area contributed by atoms with Crippen LogP contribution in [-0.4, -0.2) is 72.7 Å². The summed E-state index contributed by atoms with van der Waals surface area (Å²) in [6, 6.07) is 13.6. The first-order chi connectivity index (χ1) is 19.4. The highest BCUT2D eigenvalue weighted by atomic mass is 16.6. The van der Waals surface area contributed by atoms with Gasteiger partial charge >= 0.3 is 5.97 Å². The van der Waals surface area contributed by atoms with E-state index in [-0.39, 0.29) is 30.1 Å². The van der Waals surface area contributed by atoms with E-state index in [1.165, 1.54) is 25.3 Å². The van der Waals surface area contributed by atoms with Gasteiger partial charge in [-0.2, -0.15) is 0 Å². The first-order valence-electron chi connectivity index (χ1n) is 14.5. The maximum Gasteiger partial charge on any atom is 0.303 e. The number of likely N-dealkylation sites (N-methyl/N-ethyl adjacent to an activating group) is 1. The van der Waals surface area contributed by atoms with Gasteiger partial charge in [0.1, 0.15) is 11.7 Å². The quantitative estimate of drug-likeness (QED) is 0.426. The van der Waals surface area contributed by atoms with Crippen LogP contribution in [-0.2, 0) is 26.2 Å². The molecule has 3 fully saturated rings. The number of amides is 1. The van der Waals surface area contributed by atoms with Crippen LogP contribution < -0.4 is 9.47 Å². The van der Waals surface area contributed by atoms with Gasteiger partial charge in [-0.15, -0.1) is 0 Å². The molecule has 40 heavy (non-hydrogen) atoms. The van der Waals surface area contributed by atoms with E-state index in [0.29, 0.717) is 18.6 Å². The molecule has 7 heteroatoms. The molecule has 1 spiro atoms. The summed E-state index contributed by atoms with van der Waals surface area (Å²) in [6.07, 6.45) is 5.12. The van der Waals surface area contributed by atoms with Crippen molar-refractivity contribution < 1.29 is 23.8 Å². The number of carbonyl (C=O) groups excluding carboxylic acids is 2. The number of carbonyl (C=O) groups is 2. The number of methoxy groups -OCH3 is 1. The van der Waals surface area contributed by atoms with Crippen LogP contribution in [0.2, 0.25) is 0 Å². The number of hydrogen-bond acceptors (Lipinski definition) is 6. The zero-order valence-corrected chi connectivity index (χ0v) is 23.4. The lowest BCUT2D eigenvalue weighted by molar-refractivity contribution is -0.223. The number of piperidine rings is 1. The number of likely N-dealkylation sites (tertiary alicyclic amines) is 1. The van der Waals surface area contributed by atoms with E-state index in [1.54, 1.807) is 12.0 Å². The molecule has 2 aromatic carbocycles. The number of esters is 1. The fourth-order valence-corrected chi connectivity index (χ4v) is 8.32. The Morgan fingerprint density at radius 1 is 1.12 bits per heavy atom. The Balaban J connectivity index is 1.33. The van der Waals surface area contributed by atoms with Gasteiger partial charge in [-0.3, -0.25) is 14.5 Å². The van der Waals surface area contributed by atoms with Gasteiger partial charge in [-0.05, 0) is 74.8 Å². The van der Waals surface area contributed by atoms with Crippen LogP contribution in [0.25, 0.3) is 0 Å². The predicted molar refractivity (Wildman–Crippen MR) is 149 cm³/mol. The molecule has 1 saturated heterocycles. The SMILES string of the molecule is COc1ccc2c3c1O[C@H]1[C@H](N(C)C(=O)C#Cc4ccccc4)CC[C@@]4(OC(C)=O)[C@@H](C2)N(CC2CC2)CC[C@]314. The van der Waals surface area contributed by atoms with Crippen LogP contribution in [0.1, 0.15) is 55.7 Å². The van der Waals surface area contributed by atoms with Gasteiger partial charge in [0, 0.05) is 37.6 Å². The molecular formula is C33H36N2O5. The minimum Gasteiger partial charge on any atom is -0.493 e. The van der Waals surface area contributed by atoms with Crippen molar-refractivity contribution in [1.82, 2.24) is 9.80 Å². The lowest BCUT2D eigenvalue weighted by atomic mass is 9.48. The Hall–Kier alpha value is -3.50. The summed E-state index contributed by atoms with van der Waals surface area (Å²) in [7, 11) is 3.49. The maximum absolute atomic E-state index is 13.4. The van der Waals surface area contributed by atoms with E-state index in [0.717, 1.165) is 48.7 Å². The number of ether oxygens (including phenoxy) is 3. The summed E-state index contributed by atoms with van der Waals surface area (Å²) in [6.45, 7) is 3.49. The number of rotatable bonds is 5. The normalized spacial score (nSPS) is 31.2. The molecule has 3 aliphatic carbocycles. The summed E-state index contributed by atoms with van der Waals surface area (Å²) in [5, 5.41) is 0. The van der Waals surface area contributed by atoms with Gasteiger partial charge in [0.05, 0.1) is 24.6 Å². The third kappa shape index (κ3) is 3.61. The van der Waals surface area contributed by atoms with Crippen molar-refractivity contribution in [1.29, 1.82) is 0 Å². The van der Waals surface area contributed by atoms with Crippen LogP contribution in [0, 0.1) is 17.8 Å². The summed E-state index contributed by atoms with van der Waals surface area (Å²) in [5.41, 5.74) is 1.88. The average Bonchev–Trinajstić information content (AvgIpc) is 3.70. The molecule has 2 saturated carbocycles. The molecule has 7 rings (SSSR count). The van der Waals surface area contributed by atoms with E-state index < -0.39 is 11.0 Å². The molecule has 2 aliphatic heterocycles. The van der Waals surface area contributed by atoms with Crippen molar-refractivity contribution >= 4 is 11.9 Å². The maximum atomic E-state index is 13.4. The van der Waals surface area contributed by atoms with Gasteiger partial charge in [0.15, 0.2) is 11.5 Å². The van der Waals surface area contributed by atoms with E-state index in [2.05, 4.69) is 22.8 Å².